The van der Waals surface area contributed by atoms with Crippen LogP contribution in [0.1, 0.15) is 44.2 Å². The molecule has 0 saturated heterocycles. The number of rotatable bonds is 3. The summed E-state index contributed by atoms with van der Waals surface area (Å²) in [5.41, 5.74) is 0.846. The molecule has 1 atom stereocenters. The number of amides is 2. The van der Waals surface area contributed by atoms with Crippen LogP contribution in [0.25, 0.3) is 10.8 Å². The van der Waals surface area contributed by atoms with Crippen molar-refractivity contribution in [1.29, 1.82) is 0 Å². The second-order valence-electron chi connectivity index (χ2n) is 6.34. The minimum absolute atomic E-state index is 0.0559. The van der Waals surface area contributed by atoms with Crippen molar-refractivity contribution in [3.05, 3.63) is 46.4 Å². The molecule has 5 heteroatoms. The molecule has 1 aromatic carbocycles. The van der Waals surface area contributed by atoms with Crippen molar-refractivity contribution in [2.24, 2.45) is 0 Å². The Bertz CT molecular complexity index is 762. The van der Waals surface area contributed by atoms with Crippen LogP contribution in [0.4, 0.5) is 4.79 Å². The molecule has 2 aromatic rings. The molecule has 1 unspecified atom stereocenters. The van der Waals surface area contributed by atoms with Gasteiger partial charge in [0.15, 0.2) is 0 Å². The van der Waals surface area contributed by atoms with Gasteiger partial charge in [-0.25, -0.2) is 4.79 Å². The van der Waals surface area contributed by atoms with Crippen molar-refractivity contribution in [3.8, 4) is 0 Å². The first-order chi connectivity index (χ1) is 11.1. The van der Waals surface area contributed by atoms with Crippen LogP contribution in [-0.2, 0) is 0 Å². The van der Waals surface area contributed by atoms with Gasteiger partial charge in [-0.05, 0) is 36.8 Å². The molecule has 23 heavy (non-hydrogen) atoms. The lowest BCUT2D eigenvalue weighted by Crippen LogP contribution is -2.43. The maximum absolute atomic E-state index is 12.5. The van der Waals surface area contributed by atoms with Gasteiger partial charge in [0, 0.05) is 24.7 Å². The van der Waals surface area contributed by atoms with Crippen LogP contribution < -0.4 is 10.9 Å². The topological polar surface area (TPSA) is 65.2 Å². The van der Waals surface area contributed by atoms with E-state index in [1.54, 1.807) is 18.1 Å². The number of urea groups is 1. The number of carbonyl (C=O) groups excluding carboxylic acids is 1. The van der Waals surface area contributed by atoms with Gasteiger partial charge in [-0.3, -0.25) is 4.79 Å². The van der Waals surface area contributed by atoms with Crippen molar-refractivity contribution in [1.82, 2.24) is 15.2 Å². The van der Waals surface area contributed by atoms with Crippen LogP contribution in [-0.4, -0.2) is 29.0 Å². The maximum atomic E-state index is 12.5. The van der Waals surface area contributed by atoms with Crippen molar-refractivity contribution in [2.75, 3.05) is 7.05 Å². The van der Waals surface area contributed by atoms with Gasteiger partial charge in [0.1, 0.15) is 0 Å². The molecule has 1 aromatic heterocycles. The van der Waals surface area contributed by atoms with Crippen molar-refractivity contribution >= 4 is 16.8 Å². The van der Waals surface area contributed by atoms with E-state index in [1.165, 1.54) is 12.8 Å². The van der Waals surface area contributed by atoms with Crippen molar-refractivity contribution in [2.45, 2.75) is 44.7 Å². The fraction of sp³-hybridized carbons (Fsp3) is 0.444. The third-order valence-corrected chi connectivity index (χ3v) is 4.88. The normalized spacial score (nSPS) is 16.4. The fourth-order valence-electron chi connectivity index (χ4n) is 3.31. The van der Waals surface area contributed by atoms with E-state index in [-0.39, 0.29) is 17.6 Å². The molecule has 2 amide bonds. The van der Waals surface area contributed by atoms with Gasteiger partial charge in [-0.2, -0.15) is 0 Å². The largest absolute Gasteiger partial charge is 0.335 e. The van der Waals surface area contributed by atoms with E-state index in [9.17, 15) is 9.59 Å². The summed E-state index contributed by atoms with van der Waals surface area (Å²) in [6.07, 6.45) is 6.23. The number of pyridine rings is 1. The van der Waals surface area contributed by atoms with E-state index < -0.39 is 0 Å². The zero-order valence-corrected chi connectivity index (χ0v) is 13.6. The Morgan fingerprint density at radius 3 is 2.61 bits per heavy atom. The summed E-state index contributed by atoms with van der Waals surface area (Å²) in [4.78, 5) is 28.9. The first-order valence-corrected chi connectivity index (χ1v) is 8.21. The molecular formula is C18H23N3O2. The molecule has 122 valence electrons. The Labute approximate surface area is 135 Å². The standard InChI is InChI=1S/C18H23N3O2/c1-12(21(2)18(23)20-13-7-3-4-8-13)16-11-19-17(22)15-10-6-5-9-14(15)16/h5-6,9-13H,3-4,7-8H2,1-2H3,(H,19,22)(H,20,23). The van der Waals surface area contributed by atoms with Crippen LogP contribution in [0.15, 0.2) is 35.3 Å². The molecule has 2 N–H and O–H groups in total. The molecule has 3 rings (SSSR count). The Hall–Kier alpha value is -2.30. The minimum atomic E-state index is -0.127. The zero-order valence-electron chi connectivity index (χ0n) is 13.6. The van der Waals surface area contributed by atoms with Gasteiger partial charge in [0.05, 0.1) is 6.04 Å². The lowest BCUT2D eigenvalue weighted by Gasteiger charge is -2.27. The van der Waals surface area contributed by atoms with Crippen LogP contribution in [0.3, 0.4) is 0 Å². The Morgan fingerprint density at radius 2 is 1.91 bits per heavy atom. The average molecular weight is 313 g/mol. The number of H-pyrrole nitrogens is 1. The van der Waals surface area contributed by atoms with E-state index in [2.05, 4.69) is 10.3 Å². The number of nitrogens with one attached hydrogen (secondary N) is 2. The number of fused-ring (bicyclic) bond motifs is 1. The van der Waals surface area contributed by atoms with Gasteiger partial charge in [0.2, 0.25) is 0 Å². The molecule has 0 aliphatic heterocycles. The van der Waals surface area contributed by atoms with E-state index in [1.807, 2.05) is 31.2 Å². The predicted molar refractivity (Wildman–Crippen MR) is 91.5 cm³/mol. The Kier molecular flexibility index (Phi) is 4.37. The number of hydrogen-bond acceptors (Lipinski definition) is 2. The number of aromatic amines is 1. The predicted octanol–water partition coefficient (Wildman–Crippen LogP) is 3.17. The van der Waals surface area contributed by atoms with Gasteiger partial charge in [-0.15, -0.1) is 0 Å². The third kappa shape index (κ3) is 3.09. The summed E-state index contributed by atoms with van der Waals surface area (Å²) >= 11 is 0. The number of carbonyl (C=O) groups is 1. The minimum Gasteiger partial charge on any atom is -0.335 e. The molecule has 1 aliphatic rings. The Balaban J connectivity index is 1.84. The van der Waals surface area contributed by atoms with E-state index in [0.29, 0.717) is 11.4 Å². The highest BCUT2D eigenvalue weighted by Gasteiger charge is 2.23. The molecule has 5 nitrogen and oxygen atoms in total. The lowest BCUT2D eigenvalue weighted by atomic mass is 10.0. The van der Waals surface area contributed by atoms with Gasteiger partial charge >= 0.3 is 6.03 Å². The summed E-state index contributed by atoms with van der Waals surface area (Å²) in [7, 11) is 1.80. The monoisotopic (exact) mass is 313 g/mol. The second kappa shape index (κ2) is 6.44. The number of benzene rings is 1. The van der Waals surface area contributed by atoms with Gasteiger partial charge < -0.3 is 15.2 Å². The lowest BCUT2D eigenvalue weighted by molar-refractivity contribution is 0.190. The molecule has 0 bridgehead atoms. The number of nitrogens with zero attached hydrogens (tertiary/aromatic N) is 1. The molecule has 1 saturated carbocycles. The number of hydrogen-bond donors (Lipinski definition) is 2. The summed E-state index contributed by atoms with van der Waals surface area (Å²) < 4.78 is 0. The smallest absolute Gasteiger partial charge is 0.317 e. The molecule has 0 radical (unpaired) electrons. The summed E-state index contributed by atoms with van der Waals surface area (Å²) in [6, 6.07) is 7.61. The van der Waals surface area contributed by atoms with E-state index in [0.717, 1.165) is 23.8 Å². The quantitative estimate of drug-likeness (QED) is 0.914. The molecule has 1 fully saturated rings. The van der Waals surface area contributed by atoms with Gasteiger partial charge in [-0.1, -0.05) is 31.0 Å². The van der Waals surface area contributed by atoms with Crippen molar-refractivity contribution in [3.63, 3.8) is 0 Å². The van der Waals surface area contributed by atoms with Gasteiger partial charge in [0.25, 0.3) is 5.56 Å². The second-order valence-corrected chi connectivity index (χ2v) is 6.34. The summed E-state index contributed by atoms with van der Waals surface area (Å²) in [6.45, 7) is 1.98. The maximum Gasteiger partial charge on any atom is 0.317 e. The van der Waals surface area contributed by atoms with Crippen LogP contribution in [0.5, 0.6) is 0 Å². The highest BCUT2D eigenvalue weighted by Crippen LogP contribution is 2.25. The summed E-state index contributed by atoms with van der Waals surface area (Å²) in [5, 5.41) is 4.65. The average Bonchev–Trinajstić information content (AvgIpc) is 3.07. The fourth-order valence-corrected chi connectivity index (χ4v) is 3.31. The Morgan fingerprint density at radius 1 is 1.26 bits per heavy atom. The number of aromatic nitrogens is 1. The van der Waals surface area contributed by atoms with Crippen LogP contribution >= 0.6 is 0 Å². The molecule has 1 aliphatic carbocycles. The molecular weight excluding hydrogens is 290 g/mol. The van der Waals surface area contributed by atoms with E-state index >= 15 is 0 Å². The first-order valence-electron chi connectivity index (χ1n) is 8.21. The molecule has 1 heterocycles. The summed E-state index contributed by atoms with van der Waals surface area (Å²) in [5.74, 6) is 0. The highest BCUT2D eigenvalue weighted by molar-refractivity contribution is 5.85. The first kappa shape index (κ1) is 15.6. The molecule has 0 spiro atoms. The zero-order chi connectivity index (χ0) is 16.4. The van der Waals surface area contributed by atoms with E-state index in [4.69, 9.17) is 0 Å². The highest BCUT2D eigenvalue weighted by atomic mass is 16.2. The third-order valence-electron chi connectivity index (χ3n) is 4.88. The van der Waals surface area contributed by atoms with Crippen molar-refractivity contribution < 1.29 is 4.79 Å². The van der Waals surface area contributed by atoms with Crippen LogP contribution in [0.2, 0.25) is 0 Å². The van der Waals surface area contributed by atoms with Crippen LogP contribution in [0, 0.1) is 0 Å². The SMILES string of the molecule is CC(c1c[nH]c(=O)c2ccccc12)N(C)C(=O)NC1CCCC1.